The van der Waals surface area contributed by atoms with E-state index < -0.39 is 54.8 Å². The van der Waals surface area contributed by atoms with Crippen molar-refractivity contribution in [3.05, 3.63) is 48.3 Å². The molecule has 40 heavy (non-hydrogen) atoms. The van der Waals surface area contributed by atoms with E-state index in [-0.39, 0.29) is 23.2 Å². The number of ether oxygens (including phenoxy) is 2. The van der Waals surface area contributed by atoms with Crippen LogP contribution in [0, 0.1) is 11.7 Å². The van der Waals surface area contributed by atoms with Crippen molar-refractivity contribution in [3.63, 3.8) is 0 Å². The van der Waals surface area contributed by atoms with Gasteiger partial charge in [0, 0.05) is 37.9 Å². The lowest BCUT2D eigenvalue weighted by atomic mass is 9.94. The highest BCUT2D eigenvalue weighted by atomic mass is 19.4. The van der Waals surface area contributed by atoms with Crippen LogP contribution >= 0.6 is 0 Å². The first-order valence-electron chi connectivity index (χ1n) is 12.4. The summed E-state index contributed by atoms with van der Waals surface area (Å²) in [5.74, 6) is -2.65. The molecule has 2 atom stereocenters. The number of hydrogen-bond acceptors (Lipinski definition) is 6. The molecule has 4 rings (SSSR count). The van der Waals surface area contributed by atoms with Crippen LogP contribution in [-0.4, -0.2) is 61.0 Å². The zero-order valence-corrected chi connectivity index (χ0v) is 21.2. The van der Waals surface area contributed by atoms with Gasteiger partial charge in [-0.15, -0.1) is 0 Å². The molecule has 1 N–H and O–H groups in total. The monoisotopic (exact) mass is 577 g/mol. The van der Waals surface area contributed by atoms with Crippen LogP contribution in [0.4, 0.5) is 42.1 Å². The molecule has 0 bridgehead atoms. The molecule has 1 fully saturated rings. The Hall–Kier alpha value is -3.71. The van der Waals surface area contributed by atoms with Gasteiger partial charge >= 0.3 is 18.3 Å². The molecule has 2 aliphatic rings. The van der Waals surface area contributed by atoms with E-state index in [1.807, 2.05) is 0 Å². The smallest absolute Gasteiger partial charge is 0.431 e. The number of rotatable bonds is 8. The molecule has 14 heteroatoms. The number of carbonyl (C=O) groups is 1. The molecule has 2 aromatic rings. The first-order valence-corrected chi connectivity index (χ1v) is 12.4. The average molecular weight is 577 g/mol. The van der Waals surface area contributed by atoms with Crippen molar-refractivity contribution in [2.24, 2.45) is 11.0 Å². The van der Waals surface area contributed by atoms with E-state index in [4.69, 9.17) is 9.47 Å². The van der Waals surface area contributed by atoms with Crippen LogP contribution in [-0.2, 0) is 4.79 Å². The first-order chi connectivity index (χ1) is 18.7. The standard InChI is InChI=1S/C26H26F7N3O4/c1-15-21(13-23(37)38)36(34-24(15)26(31,32)33)16-2-4-17(5-3-16)40-18-8-10-35(11-9-18)22-12-19(6-7-20(22)27)39-14-25(28,29)30/h2-7,12,15,18,21H,8-11,13-14H2,1H3,(H,37,38)/t15-,21-/m0/s1. The maximum Gasteiger partial charge on any atom is 0.431 e. The number of carboxylic acids is 1. The summed E-state index contributed by atoms with van der Waals surface area (Å²) < 4.78 is 103. The van der Waals surface area contributed by atoms with Gasteiger partial charge < -0.3 is 19.5 Å². The molecule has 2 heterocycles. The number of hydrogen-bond donors (Lipinski definition) is 1. The Balaban J connectivity index is 1.37. The average Bonchev–Trinajstić information content (AvgIpc) is 3.20. The van der Waals surface area contributed by atoms with Crippen LogP contribution in [0.1, 0.15) is 26.2 Å². The van der Waals surface area contributed by atoms with Crippen molar-refractivity contribution >= 4 is 23.1 Å². The molecule has 0 aliphatic carbocycles. The molecular formula is C26H26F7N3O4. The van der Waals surface area contributed by atoms with Gasteiger partial charge in [0.25, 0.3) is 0 Å². The van der Waals surface area contributed by atoms with Crippen molar-refractivity contribution < 1.29 is 50.1 Å². The fraction of sp³-hybridized carbons (Fsp3) is 0.462. The third-order valence-electron chi connectivity index (χ3n) is 6.72. The highest BCUT2D eigenvalue weighted by molar-refractivity contribution is 5.95. The summed E-state index contributed by atoms with van der Waals surface area (Å²) in [5.41, 5.74) is -0.639. The third-order valence-corrected chi connectivity index (χ3v) is 6.72. The fourth-order valence-corrected chi connectivity index (χ4v) is 4.76. The van der Waals surface area contributed by atoms with E-state index >= 15 is 0 Å². The van der Waals surface area contributed by atoms with Crippen LogP contribution in [0.3, 0.4) is 0 Å². The van der Waals surface area contributed by atoms with Gasteiger partial charge in [-0.1, -0.05) is 6.92 Å². The van der Waals surface area contributed by atoms with Crippen molar-refractivity contribution in [1.82, 2.24) is 0 Å². The third kappa shape index (κ3) is 7.07. The Morgan fingerprint density at radius 1 is 1.02 bits per heavy atom. The van der Waals surface area contributed by atoms with Crippen molar-refractivity contribution in [2.75, 3.05) is 29.6 Å². The van der Waals surface area contributed by atoms with E-state index in [9.17, 15) is 40.6 Å². The second-order valence-corrected chi connectivity index (χ2v) is 9.60. The highest BCUT2D eigenvalue weighted by Gasteiger charge is 2.48. The van der Waals surface area contributed by atoms with Gasteiger partial charge in [0.2, 0.25) is 0 Å². The van der Waals surface area contributed by atoms with Crippen LogP contribution in [0.5, 0.6) is 11.5 Å². The van der Waals surface area contributed by atoms with Gasteiger partial charge in [0.15, 0.2) is 6.61 Å². The molecule has 0 saturated carbocycles. The Morgan fingerprint density at radius 2 is 1.65 bits per heavy atom. The summed E-state index contributed by atoms with van der Waals surface area (Å²) in [7, 11) is 0. The molecule has 218 valence electrons. The molecule has 0 spiro atoms. The summed E-state index contributed by atoms with van der Waals surface area (Å²) in [6.07, 6.45) is -9.07. The minimum Gasteiger partial charge on any atom is -0.490 e. The molecule has 0 amide bonds. The summed E-state index contributed by atoms with van der Waals surface area (Å²) in [5, 5.41) is 14.0. The van der Waals surface area contributed by atoms with E-state index in [1.54, 1.807) is 17.0 Å². The van der Waals surface area contributed by atoms with Crippen LogP contribution in [0.2, 0.25) is 0 Å². The van der Waals surface area contributed by atoms with E-state index in [2.05, 4.69) is 5.10 Å². The highest BCUT2D eigenvalue weighted by Crippen LogP contribution is 2.37. The summed E-state index contributed by atoms with van der Waals surface area (Å²) in [6.45, 7) is 0.529. The minimum absolute atomic E-state index is 0.100. The van der Waals surface area contributed by atoms with Crippen molar-refractivity contribution in [1.29, 1.82) is 0 Å². The van der Waals surface area contributed by atoms with E-state index in [0.29, 0.717) is 31.7 Å². The summed E-state index contributed by atoms with van der Waals surface area (Å²) >= 11 is 0. The van der Waals surface area contributed by atoms with Crippen LogP contribution < -0.4 is 19.4 Å². The van der Waals surface area contributed by atoms with Crippen LogP contribution in [0.15, 0.2) is 47.6 Å². The molecular weight excluding hydrogens is 551 g/mol. The lowest BCUT2D eigenvalue weighted by Crippen LogP contribution is -2.38. The Morgan fingerprint density at radius 3 is 2.23 bits per heavy atom. The predicted octanol–water partition coefficient (Wildman–Crippen LogP) is 6.03. The number of alkyl halides is 6. The molecule has 1 saturated heterocycles. The summed E-state index contributed by atoms with van der Waals surface area (Å²) in [4.78, 5) is 13.0. The van der Waals surface area contributed by atoms with Gasteiger partial charge in [-0.25, -0.2) is 4.39 Å². The lowest BCUT2D eigenvalue weighted by molar-refractivity contribution is -0.153. The number of aliphatic carboxylic acids is 1. The molecule has 0 aromatic heterocycles. The van der Waals surface area contributed by atoms with Crippen molar-refractivity contribution in [2.45, 2.75) is 50.7 Å². The van der Waals surface area contributed by atoms with Gasteiger partial charge in [-0.3, -0.25) is 9.80 Å². The molecule has 2 aliphatic heterocycles. The number of hydrazone groups is 1. The number of carboxylic acid groups (broad SMARTS) is 1. The van der Waals surface area contributed by atoms with E-state index in [0.717, 1.165) is 17.1 Å². The number of piperidine rings is 1. The van der Waals surface area contributed by atoms with E-state index in [1.165, 1.54) is 25.1 Å². The van der Waals surface area contributed by atoms with Crippen molar-refractivity contribution in [3.8, 4) is 11.5 Å². The second kappa shape index (κ2) is 11.4. The predicted molar refractivity (Wildman–Crippen MR) is 131 cm³/mol. The van der Waals surface area contributed by atoms with Gasteiger partial charge in [0.05, 0.1) is 23.8 Å². The molecule has 0 unspecified atom stereocenters. The van der Waals surface area contributed by atoms with Gasteiger partial charge in [0.1, 0.15) is 29.1 Å². The quantitative estimate of drug-likeness (QED) is 0.386. The Labute approximate surface area is 224 Å². The Kier molecular flexibility index (Phi) is 8.36. The van der Waals surface area contributed by atoms with Gasteiger partial charge in [-0.05, 0) is 36.4 Å². The minimum atomic E-state index is -4.69. The number of halogens is 7. The fourth-order valence-electron chi connectivity index (χ4n) is 4.76. The van der Waals surface area contributed by atoms with Gasteiger partial charge in [-0.2, -0.15) is 31.4 Å². The zero-order valence-electron chi connectivity index (χ0n) is 21.2. The number of nitrogens with zero attached hydrogens (tertiary/aromatic N) is 3. The second-order valence-electron chi connectivity index (χ2n) is 9.60. The first kappa shape index (κ1) is 29.3. The largest absolute Gasteiger partial charge is 0.490 e. The van der Waals surface area contributed by atoms with Crippen LogP contribution in [0.25, 0.3) is 0 Å². The Bertz CT molecular complexity index is 1230. The SMILES string of the molecule is C[C@@H]1C(C(F)(F)F)=NN(c2ccc(OC3CCN(c4cc(OCC(F)(F)F)ccc4F)CC3)cc2)[C@H]1CC(=O)O. The lowest BCUT2D eigenvalue weighted by Gasteiger charge is -2.34. The molecule has 2 aromatic carbocycles. The molecule has 0 radical (unpaired) electrons. The maximum absolute atomic E-state index is 14.4. The normalized spacial score (nSPS) is 20.4. The number of anilines is 2. The maximum atomic E-state index is 14.4. The number of benzene rings is 2. The topological polar surface area (TPSA) is 74.6 Å². The molecule has 7 nitrogen and oxygen atoms in total. The summed E-state index contributed by atoms with van der Waals surface area (Å²) in [6, 6.07) is 8.49. The zero-order chi connectivity index (χ0) is 29.2.